The first-order valence-electron chi connectivity index (χ1n) is 6.76. The van der Waals surface area contributed by atoms with Crippen LogP contribution in [0, 0.1) is 0 Å². The molecule has 21 heavy (non-hydrogen) atoms. The number of rotatable bonds is 3. The van der Waals surface area contributed by atoms with Crippen LogP contribution in [0.25, 0.3) is 0 Å². The minimum absolute atomic E-state index is 0.0723. The number of fused-ring (bicyclic) bond motifs is 1. The fourth-order valence-electron chi connectivity index (χ4n) is 2.53. The van der Waals surface area contributed by atoms with E-state index in [4.69, 9.17) is 4.74 Å². The first kappa shape index (κ1) is 13.4. The molecule has 4 amide bonds. The Labute approximate surface area is 121 Å². The molecule has 1 fully saturated rings. The van der Waals surface area contributed by atoms with Crippen molar-refractivity contribution in [2.45, 2.75) is 24.9 Å². The molecule has 3 rings (SSSR count). The van der Waals surface area contributed by atoms with Crippen LogP contribution in [0.1, 0.15) is 24.4 Å². The first-order valence-corrected chi connectivity index (χ1v) is 6.76. The van der Waals surface area contributed by atoms with Gasteiger partial charge < -0.3 is 15.4 Å². The van der Waals surface area contributed by atoms with Crippen LogP contribution >= 0.6 is 0 Å². The lowest BCUT2D eigenvalue weighted by Crippen LogP contribution is -2.38. The van der Waals surface area contributed by atoms with Crippen LogP contribution in [-0.4, -0.2) is 30.5 Å². The van der Waals surface area contributed by atoms with E-state index in [0.29, 0.717) is 13.0 Å². The van der Waals surface area contributed by atoms with E-state index >= 15 is 0 Å². The van der Waals surface area contributed by atoms with Crippen LogP contribution in [0.15, 0.2) is 24.3 Å². The van der Waals surface area contributed by atoms with Crippen LogP contribution in [0.4, 0.5) is 4.79 Å². The fraction of sp³-hybridized carbons (Fsp3) is 0.357. The normalized spacial score (nSPS) is 23.6. The molecule has 0 spiro atoms. The van der Waals surface area contributed by atoms with E-state index in [1.54, 1.807) is 0 Å². The molecule has 2 atom stereocenters. The predicted molar refractivity (Wildman–Crippen MR) is 72.5 cm³/mol. The Morgan fingerprint density at radius 3 is 2.90 bits per heavy atom. The lowest BCUT2D eigenvalue weighted by atomic mass is 10.00. The van der Waals surface area contributed by atoms with Crippen molar-refractivity contribution in [3.05, 3.63) is 29.8 Å². The average Bonchev–Trinajstić information content (AvgIpc) is 2.77. The van der Waals surface area contributed by atoms with E-state index in [9.17, 15) is 14.4 Å². The zero-order valence-corrected chi connectivity index (χ0v) is 11.2. The van der Waals surface area contributed by atoms with Crippen molar-refractivity contribution in [1.29, 1.82) is 0 Å². The van der Waals surface area contributed by atoms with Gasteiger partial charge in [-0.2, -0.15) is 0 Å². The number of para-hydroxylation sites is 1. The third kappa shape index (κ3) is 2.81. The minimum atomic E-state index is -0.799. The Kier molecular flexibility index (Phi) is 3.47. The topological polar surface area (TPSA) is 96.5 Å². The number of carbonyl (C=O) groups is 3. The van der Waals surface area contributed by atoms with Crippen molar-refractivity contribution in [1.82, 2.24) is 16.0 Å². The number of benzene rings is 1. The first-order chi connectivity index (χ1) is 10.1. The maximum absolute atomic E-state index is 12.0. The molecule has 7 heteroatoms. The summed E-state index contributed by atoms with van der Waals surface area (Å²) in [4.78, 5) is 34.5. The molecule has 2 aliphatic rings. The maximum Gasteiger partial charge on any atom is 0.322 e. The molecular weight excluding hydrogens is 274 g/mol. The molecule has 7 nitrogen and oxygen atoms in total. The molecule has 3 N–H and O–H groups in total. The second-order valence-electron chi connectivity index (χ2n) is 5.01. The van der Waals surface area contributed by atoms with Crippen LogP contribution in [-0.2, 0) is 9.59 Å². The summed E-state index contributed by atoms with van der Waals surface area (Å²) in [7, 11) is 0. The van der Waals surface area contributed by atoms with Crippen LogP contribution in [0.5, 0.6) is 5.75 Å². The van der Waals surface area contributed by atoms with Crippen molar-refractivity contribution in [2.75, 3.05) is 6.61 Å². The Hall–Kier alpha value is -2.57. The number of nitrogens with one attached hydrogen (secondary N) is 3. The summed E-state index contributed by atoms with van der Waals surface area (Å²) in [5.41, 5.74) is 0.928. The van der Waals surface area contributed by atoms with Gasteiger partial charge in [0.05, 0.1) is 19.1 Å². The van der Waals surface area contributed by atoms with Gasteiger partial charge in [0.2, 0.25) is 5.91 Å². The number of hydrogen-bond acceptors (Lipinski definition) is 4. The second kappa shape index (κ2) is 5.43. The molecule has 110 valence electrons. The van der Waals surface area contributed by atoms with E-state index in [0.717, 1.165) is 11.3 Å². The van der Waals surface area contributed by atoms with Gasteiger partial charge in [-0.3, -0.25) is 14.9 Å². The largest absolute Gasteiger partial charge is 0.493 e. The molecule has 0 bridgehead atoms. The number of ether oxygens (including phenoxy) is 1. The molecule has 2 aliphatic heterocycles. The highest BCUT2D eigenvalue weighted by atomic mass is 16.5. The minimum Gasteiger partial charge on any atom is -0.493 e. The molecule has 0 radical (unpaired) electrons. The summed E-state index contributed by atoms with van der Waals surface area (Å²) in [5.74, 6) is 0.0162. The molecule has 2 unspecified atom stereocenters. The van der Waals surface area contributed by atoms with Crippen LogP contribution in [0.2, 0.25) is 0 Å². The smallest absolute Gasteiger partial charge is 0.322 e. The van der Waals surface area contributed by atoms with E-state index in [-0.39, 0.29) is 18.4 Å². The third-order valence-electron chi connectivity index (χ3n) is 3.54. The summed E-state index contributed by atoms with van der Waals surface area (Å²) in [6, 6.07) is 6.03. The van der Waals surface area contributed by atoms with Crippen LogP contribution < -0.4 is 20.7 Å². The van der Waals surface area contributed by atoms with Gasteiger partial charge in [-0.15, -0.1) is 0 Å². The molecular formula is C14H15N3O4. The van der Waals surface area contributed by atoms with Crippen molar-refractivity contribution < 1.29 is 19.1 Å². The highest BCUT2D eigenvalue weighted by molar-refractivity contribution is 6.05. The second-order valence-corrected chi connectivity index (χ2v) is 5.01. The number of amides is 4. The van der Waals surface area contributed by atoms with E-state index in [2.05, 4.69) is 16.0 Å². The lowest BCUT2D eigenvalue weighted by Gasteiger charge is -2.26. The van der Waals surface area contributed by atoms with Gasteiger partial charge >= 0.3 is 6.03 Å². The molecule has 0 aromatic heterocycles. The van der Waals surface area contributed by atoms with Gasteiger partial charge in [0.15, 0.2) is 0 Å². The molecule has 1 aromatic rings. The Bertz CT molecular complexity index is 602. The van der Waals surface area contributed by atoms with E-state index in [1.165, 1.54) is 0 Å². The summed E-state index contributed by atoms with van der Waals surface area (Å²) >= 11 is 0. The van der Waals surface area contributed by atoms with E-state index < -0.39 is 18.0 Å². The van der Waals surface area contributed by atoms with Gasteiger partial charge in [0.25, 0.3) is 5.91 Å². The molecule has 0 aliphatic carbocycles. The van der Waals surface area contributed by atoms with E-state index in [1.807, 2.05) is 24.3 Å². The standard InChI is InChI=1S/C14H15N3O4/c18-12(7-10-13(19)17-14(20)16-10)15-9-5-6-21-11-4-2-1-3-8(9)11/h1-4,9-10H,5-7H2,(H,15,18)(H2,16,17,19,20). The van der Waals surface area contributed by atoms with Gasteiger partial charge in [-0.1, -0.05) is 18.2 Å². The molecule has 2 heterocycles. The van der Waals surface area contributed by atoms with Gasteiger partial charge in [-0.25, -0.2) is 4.79 Å². The zero-order chi connectivity index (χ0) is 14.8. The Balaban J connectivity index is 1.63. The van der Waals surface area contributed by atoms with Crippen molar-refractivity contribution in [3.8, 4) is 5.75 Å². The third-order valence-corrected chi connectivity index (χ3v) is 3.54. The molecule has 0 saturated carbocycles. The van der Waals surface area contributed by atoms with Crippen molar-refractivity contribution in [3.63, 3.8) is 0 Å². The number of hydrogen-bond donors (Lipinski definition) is 3. The predicted octanol–water partition coefficient (Wildman–Crippen LogP) is 0.225. The number of carbonyl (C=O) groups excluding carboxylic acids is 3. The molecule has 1 saturated heterocycles. The van der Waals surface area contributed by atoms with Crippen molar-refractivity contribution in [2.24, 2.45) is 0 Å². The summed E-state index contributed by atoms with van der Waals surface area (Å²) < 4.78 is 5.53. The SMILES string of the molecule is O=C(CC1NC(=O)NC1=O)NC1CCOc2ccccc21. The van der Waals surface area contributed by atoms with Gasteiger partial charge in [0, 0.05) is 12.0 Å². The average molecular weight is 289 g/mol. The summed E-state index contributed by atoms with van der Waals surface area (Å²) in [6.07, 6.45) is 0.600. The maximum atomic E-state index is 12.0. The Morgan fingerprint density at radius 1 is 1.33 bits per heavy atom. The lowest BCUT2D eigenvalue weighted by molar-refractivity contribution is -0.127. The highest BCUT2D eigenvalue weighted by Gasteiger charge is 2.32. The molecule has 1 aromatic carbocycles. The zero-order valence-electron chi connectivity index (χ0n) is 11.2. The van der Waals surface area contributed by atoms with Gasteiger partial charge in [-0.05, 0) is 6.07 Å². The number of imide groups is 1. The van der Waals surface area contributed by atoms with Gasteiger partial charge in [0.1, 0.15) is 11.8 Å². The Morgan fingerprint density at radius 2 is 2.14 bits per heavy atom. The fourth-order valence-corrected chi connectivity index (χ4v) is 2.53. The number of urea groups is 1. The monoisotopic (exact) mass is 289 g/mol. The summed E-state index contributed by atoms with van der Waals surface area (Å²) in [5, 5.41) is 7.40. The quantitative estimate of drug-likeness (QED) is 0.694. The summed E-state index contributed by atoms with van der Waals surface area (Å²) in [6.45, 7) is 0.530. The highest BCUT2D eigenvalue weighted by Crippen LogP contribution is 2.31. The van der Waals surface area contributed by atoms with Crippen LogP contribution in [0.3, 0.4) is 0 Å². The van der Waals surface area contributed by atoms with Crippen molar-refractivity contribution >= 4 is 17.8 Å².